The number of aryl methyl sites for hydroxylation is 1. The molecule has 0 spiro atoms. The number of nitrogens with one attached hydrogen (secondary N) is 2. The van der Waals surface area contributed by atoms with Crippen molar-refractivity contribution in [1.29, 1.82) is 0 Å². The first-order chi connectivity index (χ1) is 9.38. The number of carboxylic acid groups (broad SMARTS) is 1. The highest BCUT2D eigenvalue weighted by atomic mass is 79.9. The summed E-state index contributed by atoms with van der Waals surface area (Å²) < 4.78 is 0.793. The molecule has 0 bridgehead atoms. The average Bonchev–Trinajstić information content (AvgIpc) is 2.84. The van der Waals surface area contributed by atoms with Crippen molar-refractivity contribution in [1.82, 2.24) is 4.98 Å². The number of thiazole rings is 1. The normalized spacial score (nSPS) is 10.3. The largest absolute Gasteiger partial charge is 0.478 e. The molecule has 0 aliphatic heterocycles. The number of rotatable bonds is 3. The van der Waals surface area contributed by atoms with E-state index in [2.05, 4.69) is 31.5 Å². The first-order valence-corrected chi connectivity index (χ1v) is 7.83. The number of amides is 2. The molecule has 2 heterocycles. The fourth-order valence-corrected chi connectivity index (χ4v) is 3.67. The van der Waals surface area contributed by atoms with E-state index in [1.54, 1.807) is 13.1 Å². The standard InChI is InChI=1S/C11H10BrN3O3S2/c1-4-5(2)19-8(7(4)9(16)17)14-10(18)15-11-13-3-6(12)20-11/h3H,1-2H3,(H,16,17)(H2,13,14,15,18). The third-order valence-corrected chi connectivity index (χ3v) is 5.04. The maximum absolute atomic E-state index is 11.8. The van der Waals surface area contributed by atoms with E-state index in [1.165, 1.54) is 22.7 Å². The molecular formula is C11H10BrN3O3S2. The number of aromatic nitrogens is 1. The number of anilines is 2. The molecule has 0 saturated carbocycles. The van der Waals surface area contributed by atoms with E-state index in [0.717, 1.165) is 8.66 Å². The summed E-state index contributed by atoms with van der Waals surface area (Å²) in [4.78, 5) is 27.9. The van der Waals surface area contributed by atoms with Crippen molar-refractivity contribution in [3.8, 4) is 0 Å². The lowest BCUT2D eigenvalue weighted by Crippen LogP contribution is -2.20. The van der Waals surface area contributed by atoms with Gasteiger partial charge in [-0.3, -0.25) is 10.6 Å². The van der Waals surface area contributed by atoms with Gasteiger partial charge < -0.3 is 5.11 Å². The number of carbonyl (C=O) groups excluding carboxylic acids is 1. The molecular weight excluding hydrogens is 366 g/mol. The van der Waals surface area contributed by atoms with Crippen molar-refractivity contribution in [2.75, 3.05) is 10.6 Å². The molecule has 3 N–H and O–H groups in total. The van der Waals surface area contributed by atoms with Gasteiger partial charge in [-0.05, 0) is 35.3 Å². The quantitative estimate of drug-likeness (QED) is 0.757. The number of hydrogen-bond donors (Lipinski definition) is 3. The molecule has 20 heavy (non-hydrogen) atoms. The van der Waals surface area contributed by atoms with Crippen LogP contribution >= 0.6 is 38.6 Å². The highest BCUT2D eigenvalue weighted by Gasteiger charge is 2.20. The van der Waals surface area contributed by atoms with Crippen LogP contribution in [-0.2, 0) is 0 Å². The molecule has 0 aromatic carbocycles. The molecule has 0 unspecified atom stereocenters. The van der Waals surface area contributed by atoms with Crippen molar-refractivity contribution in [3.63, 3.8) is 0 Å². The Kier molecular flexibility index (Phi) is 4.41. The summed E-state index contributed by atoms with van der Waals surface area (Å²) in [6.07, 6.45) is 1.57. The molecule has 6 nitrogen and oxygen atoms in total. The fourth-order valence-electron chi connectivity index (χ4n) is 1.52. The highest BCUT2D eigenvalue weighted by molar-refractivity contribution is 9.11. The number of carboxylic acids is 1. The van der Waals surface area contributed by atoms with Crippen LogP contribution in [0.15, 0.2) is 9.98 Å². The number of urea groups is 1. The van der Waals surface area contributed by atoms with Gasteiger partial charge >= 0.3 is 12.0 Å². The van der Waals surface area contributed by atoms with Crippen LogP contribution < -0.4 is 10.6 Å². The maximum atomic E-state index is 11.8. The van der Waals surface area contributed by atoms with E-state index in [4.69, 9.17) is 0 Å². The van der Waals surface area contributed by atoms with Crippen LogP contribution in [0.5, 0.6) is 0 Å². The highest BCUT2D eigenvalue weighted by Crippen LogP contribution is 2.32. The summed E-state index contributed by atoms with van der Waals surface area (Å²) in [6.45, 7) is 3.53. The first kappa shape index (κ1) is 14.9. The Bertz CT molecular complexity index is 681. The summed E-state index contributed by atoms with van der Waals surface area (Å²) in [5, 5.41) is 15.0. The van der Waals surface area contributed by atoms with Crippen LogP contribution in [0.3, 0.4) is 0 Å². The number of hydrogen-bond acceptors (Lipinski definition) is 5. The van der Waals surface area contributed by atoms with Gasteiger partial charge in [-0.25, -0.2) is 14.6 Å². The van der Waals surface area contributed by atoms with Gasteiger partial charge in [-0.1, -0.05) is 11.3 Å². The molecule has 0 fully saturated rings. The van der Waals surface area contributed by atoms with Crippen molar-refractivity contribution in [3.05, 3.63) is 26.0 Å². The number of halogens is 1. The first-order valence-electron chi connectivity index (χ1n) is 5.41. The Morgan fingerprint density at radius 1 is 1.30 bits per heavy atom. The summed E-state index contributed by atoms with van der Waals surface area (Å²) in [6, 6.07) is -0.518. The minimum Gasteiger partial charge on any atom is -0.478 e. The van der Waals surface area contributed by atoms with Crippen LogP contribution in [0.1, 0.15) is 20.8 Å². The molecule has 0 aliphatic carbocycles. The number of carbonyl (C=O) groups is 2. The third kappa shape index (κ3) is 3.17. The van der Waals surface area contributed by atoms with Gasteiger partial charge in [0.1, 0.15) is 5.00 Å². The lowest BCUT2D eigenvalue weighted by Gasteiger charge is -2.04. The van der Waals surface area contributed by atoms with Crippen LogP contribution in [0, 0.1) is 13.8 Å². The number of thiophene rings is 1. The lowest BCUT2D eigenvalue weighted by molar-refractivity contribution is 0.0697. The Balaban J connectivity index is 2.16. The van der Waals surface area contributed by atoms with E-state index < -0.39 is 12.0 Å². The minimum atomic E-state index is -1.06. The van der Waals surface area contributed by atoms with Crippen LogP contribution in [-0.4, -0.2) is 22.1 Å². The van der Waals surface area contributed by atoms with Crippen molar-refractivity contribution in [2.45, 2.75) is 13.8 Å². The minimum absolute atomic E-state index is 0.128. The summed E-state index contributed by atoms with van der Waals surface area (Å²) >= 11 is 5.74. The second-order valence-electron chi connectivity index (χ2n) is 3.84. The Hall–Kier alpha value is -1.45. The molecule has 2 amide bonds. The van der Waals surface area contributed by atoms with Gasteiger partial charge in [-0.15, -0.1) is 11.3 Å². The lowest BCUT2D eigenvalue weighted by atomic mass is 10.1. The van der Waals surface area contributed by atoms with Gasteiger partial charge in [0, 0.05) is 4.88 Å². The third-order valence-electron chi connectivity index (χ3n) is 2.52. The molecule has 0 radical (unpaired) electrons. The molecule has 0 aliphatic rings. The van der Waals surface area contributed by atoms with Crippen LogP contribution in [0.4, 0.5) is 14.9 Å². The zero-order valence-corrected chi connectivity index (χ0v) is 13.7. The average molecular weight is 376 g/mol. The van der Waals surface area contributed by atoms with Gasteiger partial charge in [0.05, 0.1) is 15.5 Å². The van der Waals surface area contributed by atoms with Crippen LogP contribution in [0.25, 0.3) is 0 Å². The van der Waals surface area contributed by atoms with Gasteiger partial charge in [0.25, 0.3) is 0 Å². The summed E-state index contributed by atoms with van der Waals surface area (Å²) in [5.74, 6) is -1.06. The predicted molar refractivity (Wildman–Crippen MR) is 83.2 cm³/mol. The second-order valence-corrected chi connectivity index (χ2v) is 7.48. The fraction of sp³-hybridized carbons (Fsp3) is 0.182. The zero-order chi connectivity index (χ0) is 14.9. The summed E-state index contributed by atoms with van der Waals surface area (Å²) in [5.41, 5.74) is 0.790. The number of nitrogens with zero attached hydrogens (tertiary/aromatic N) is 1. The van der Waals surface area contributed by atoms with E-state index in [0.29, 0.717) is 15.7 Å². The Labute approximate surface area is 131 Å². The topological polar surface area (TPSA) is 91.3 Å². The van der Waals surface area contributed by atoms with Crippen molar-refractivity contribution < 1.29 is 14.7 Å². The van der Waals surface area contributed by atoms with Gasteiger partial charge in [-0.2, -0.15) is 0 Å². The van der Waals surface area contributed by atoms with E-state index in [9.17, 15) is 14.7 Å². The molecule has 9 heteroatoms. The van der Waals surface area contributed by atoms with Crippen molar-refractivity contribution >= 4 is 60.7 Å². The maximum Gasteiger partial charge on any atom is 0.338 e. The monoisotopic (exact) mass is 375 g/mol. The SMILES string of the molecule is Cc1sc(NC(=O)Nc2ncc(Br)s2)c(C(=O)O)c1C. The van der Waals surface area contributed by atoms with Crippen molar-refractivity contribution in [2.24, 2.45) is 0 Å². The Morgan fingerprint density at radius 2 is 2.00 bits per heavy atom. The van der Waals surface area contributed by atoms with E-state index in [1.807, 2.05) is 6.92 Å². The molecule has 106 valence electrons. The molecule has 0 saturated heterocycles. The van der Waals surface area contributed by atoms with Gasteiger partial charge in [0.15, 0.2) is 5.13 Å². The molecule has 2 rings (SSSR count). The predicted octanol–water partition coefficient (Wildman–Crippen LogP) is 3.93. The molecule has 2 aromatic heterocycles. The molecule has 2 aromatic rings. The van der Waals surface area contributed by atoms with Crippen LogP contribution in [0.2, 0.25) is 0 Å². The zero-order valence-electron chi connectivity index (χ0n) is 10.5. The molecule has 0 atom stereocenters. The number of aromatic carboxylic acids is 1. The van der Waals surface area contributed by atoms with Gasteiger partial charge in [0.2, 0.25) is 0 Å². The Morgan fingerprint density at radius 3 is 2.55 bits per heavy atom. The van der Waals surface area contributed by atoms with E-state index in [-0.39, 0.29) is 5.56 Å². The smallest absolute Gasteiger partial charge is 0.338 e. The van der Waals surface area contributed by atoms with E-state index >= 15 is 0 Å². The summed E-state index contributed by atoms with van der Waals surface area (Å²) in [7, 11) is 0. The second kappa shape index (κ2) is 5.90.